The van der Waals surface area contributed by atoms with Gasteiger partial charge in [0.2, 0.25) is 0 Å². The summed E-state index contributed by atoms with van der Waals surface area (Å²) in [5, 5.41) is 0. The predicted octanol–water partition coefficient (Wildman–Crippen LogP) is 2.65. The van der Waals surface area contributed by atoms with Gasteiger partial charge in [0.05, 0.1) is 0 Å². The second-order valence-electron chi connectivity index (χ2n) is 5.48. The van der Waals surface area contributed by atoms with Crippen LogP contribution in [0.25, 0.3) is 0 Å². The number of rotatable bonds is 5. The van der Waals surface area contributed by atoms with E-state index in [2.05, 4.69) is 41.1 Å². The van der Waals surface area contributed by atoms with Gasteiger partial charge in [0, 0.05) is 18.2 Å². The lowest BCUT2D eigenvalue weighted by atomic mass is 10.0. The van der Waals surface area contributed by atoms with E-state index in [1.807, 2.05) is 0 Å². The van der Waals surface area contributed by atoms with Crippen molar-refractivity contribution in [2.24, 2.45) is 5.84 Å². The fourth-order valence-electron chi connectivity index (χ4n) is 3.06. The summed E-state index contributed by atoms with van der Waals surface area (Å²) in [7, 11) is 0. The van der Waals surface area contributed by atoms with E-state index in [-0.39, 0.29) is 0 Å². The van der Waals surface area contributed by atoms with E-state index < -0.39 is 0 Å². The molecule has 0 unspecified atom stereocenters. The van der Waals surface area contributed by atoms with Gasteiger partial charge in [-0.15, -0.1) is 0 Å². The van der Waals surface area contributed by atoms with Gasteiger partial charge in [0.25, 0.3) is 0 Å². The highest BCUT2D eigenvalue weighted by Crippen LogP contribution is 2.34. The predicted molar refractivity (Wildman–Crippen MR) is 79.2 cm³/mol. The van der Waals surface area contributed by atoms with Gasteiger partial charge in [-0.1, -0.05) is 26.7 Å². The average Bonchev–Trinajstić information content (AvgIpc) is 2.93. The first kappa shape index (κ1) is 14.1. The molecule has 1 fully saturated rings. The first-order valence-corrected chi connectivity index (χ1v) is 7.27. The van der Waals surface area contributed by atoms with Gasteiger partial charge in [-0.05, 0) is 25.7 Å². The van der Waals surface area contributed by atoms with Crippen molar-refractivity contribution in [3.05, 3.63) is 11.9 Å². The quantitative estimate of drug-likeness (QED) is 0.631. The first-order valence-electron chi connectivity index (χ1n) is 7.27. The van der Waals surface area contributed by atoms with Crippen LogP contribution in [0.3, 0.4) is 0 Å². The van der Waals surface area contributed by atoms with E-state index in [0.29, 0.717) is 12.0 Å². The normalized spacial score (nSPS) is 16.1. The van der Waals surface area contributed by atoms with Crippen LogP contribution in [-0.4, -0.2) is 22.6 Å². The zero-order valence-electron chi connectivity index (χ0n) is 12.2. The van der Waals surface area contributed by atoms with E-state index in [9.17, 15) is 0 Å². The van der Waals surface area contributed by atoms with Gasteiger partial charge in [-0.2, -0.15) is 0 Å². The zero-order chi connectivity index (χ0) is 13.8. The minimum Gasteiger partial charge on any atom is -0.354 e. The van der Waals surface area contributed by atoms with Gasteiger partial charge in [-0.3, -0.25) is 0 Å². The van der Waals surface area contributed by atoms with Gasteiger partial charge in [0.1, 0.15) is 18.0 Å². The molecule has 19 heavy (non-hydrogen) atoms. The molecule has 0 amide bonds. The Morgan fingerprint density at radius 1 is 1.37 bits per heavy atom. The van der Waals surface area contributed by atoms with Crippen molar-refractivity contribution in [3.63, 3.8) is 0 Å². The second kappa shape index (κ2) is 6.19. The highest BCUT2D eigenvalue weighted by Gasteiger charge is 2.26. The maximum absolute atomic E-state index is 5.59. The Morgan fingerprint density at radius 2 is 2.05 bits per heavy atom. The summed E-state index contributed by atoms with van der Waals surface area (Å²) < 4.78 is 0. The molecular weight excluding hydrogens is 238 g/mol. The van der Waals surface area contributed by atoms with Crippen LogP contribution in [0.4, 0.5) is 11.6 Å². The third-order valence-electron chi connectivity index (χ3n) is 3.96. The largest absolute Gasteiger partial charge is 0.354 e. The molecule has 0 atom stereocenters. The van der Waals surface area contributed by atoms with Crippen LogP contribution in [0.2, 0.25) is 0 Å². The van der Waals surface area contributed by atoms with Crippen LogP contribution >= 0.6 is 0 Å². The molecule has 1 aromatic rings. The molecular formula is C14H25N5. The SMILES string of the molecule is CCN(c1ncnc(NN)c1C(C)C)C1CCCC1. The molecule has 0 aliphatic heterocycles. The van der Waals surface area contributed by atoms with Crippen molar-refractivity contribution >= 4 is 11.6 Å². The number of hydrazine groups is 1. The Kier molecular flexibility index (Phi) is 4.58. The molecule has 3 N–H and O–H groups in total. The molecule has 0 aromatic carbocycles. The van der Waals surface area contributed by atoms with Crippen LogP contribution in [-0.2, 0) is 0 Å². The fourth-order valence-corrected chi connectivity index (χ4v) is 3.06. The lowest BCUT2D eigenvalue weighted by molar-refractivity contribution is 0.607. The molecule has 2 rings (SSSR count). The van der Waals surface area contributed by atoms with E-state index in [1.54, 1.807) is 6.33 Å². The third-order valence-corrected chi connectivity index (χ3v) is 3.96. The van der Waals surface area contributed by atoms with Gasteiger partial charge in [-0.25, -0.2) is 15.8 Å². The third kappa shape index (κ3) is 2.81. The molecule has 5 nitrogen and oxygen atoms in total. The minimum absolute atomic E-state index is 0.345. The zero-order valence-corrected chi connectivity index (χ0v) is 12.2. The van der Waals surface area contributed by atoms with Gasteiger partial charge < -0.3 is 10.3 Å². The summed E-state index contributed by atoms with van der Waals surface area (Å²) in [5.41, 5.74) is 3.83. The average molecular weight is 263 g/mol. The van der Waals surface area contributed by atoms with Crippen molar-refractivity contribution in [3.8, 4) is 0 Å². The van der Waals surface area contributed by atoms with Crippen LogP contribution in [0.1, 0.15) is 57.9 Å². The van der Waals surface area contributed by atoms with Crippen LogP contribution < -0.4 is 16.2 Å². The molecule has 1 aliphatic rings. The monoisotopic (exact) mass is 263 g/mol. The number of hydrogen-bond donors (Lipinski definition) is 2. The number of nitrogens with one attached hydrogen (secondary N) is 1. The molecule has 0 radical (unpaired) electrons. The maximum Gasteiger partial charge on any atom is 0.148 e. The molecule has 1 aromatic heterocycles. The van der Waals surface area contributed by atoms with Crippen molar-refractivity contribution < 1.29 is 0 Å². The van der Waals surface area contributed by atoms with Gasteiger partial charge >= 0.3 is 0 Å². The molecule has 106 valence electrons. The number of aromatic nitrogens is 2. The fraction of sp³-hybridized carbons (Fsp3) is 0.714. The van der Waals surface area contributed by atoms with Gasteiger partial charge in [0.15, 0.2) is 0 Å². The van der Waals surface area contributed by atoms with E-state index in [1.165, 1.54) is 25.7 Å². The smallest absolute Gasteiger partial charge is 0.148 e. The van der Waals surface area contributed by atoms with Crippen LogP contribution in [0.15, 0.2) is 6.33 Å². The Labute approximate surface area is 115 Å². The van der Waals surface area contributed by atoms with Crippen LogP contribution in [0, 0.1) is 0 Å². The van der Waals surface area contributed by atoms with Crippen molar-refractivity contribution in [2.75, 3.05) is 16.9 Å². The van der Waals surface area contributed by atoms with E-state index in [0.717, 1.165) is 23.7 Å². The summed E-state index contributed by atoms with van der Waals surface area (Å²) in [4.78, 5) is 11.2. The lowest BCUT2D eigenvalue weighted by Gasteiger charge is -2.31. The summed E-state index contributed by atoms with van der Waals surface area (Å²) >= 11 is 0. The first-order chi connectivity index (χ1) is 9.19. The Bertz CT molecular complexity index is 412. The topological polar surface area (TPSA) is 67.1 Å². The standard InChI is InChI=1S/C14H25N5/c1-4-19(11-7-5-6-8-11)14-12(10(2)3)13(18-15)16-9-17-14/h9-11H,4-8,15H2,1-3H3,(H,16,17,18). The number of nitrogens with two attached hydrogens (primary N) is 1. The highest BCUT2D eigenvalue weighted by atomic mass is 15.3. The summed E-state index contributed by atoms with van der Waals surface area (Å²) in [6.45, 7) is 7.49. The van der Waals surface area contributed by atoms with Crippen LogP contribution in [0.5, 0.6) is 0 Å². The highest BCUT2D eigenvalue weighted by molar-refractivity contribution is 5.60. The molecule has 1 saturated carbocycles. The summed E-state index contributed by atoms with van der Waals surface area (Å²) in [5.74, 6) is 7.73. The number of anilines is 2. The summed E-state index contributed by atoms with van der Waals surface area (Å²) in [6, 6.07) is 0.614. The maximum atomic E-state index is 5.59. The minimum atomic E-state index is 0.345. The number of nitrogen functional groups attached to an aromatic ring is 1. The Balaban J connectivity index is 2.41. The summed E-state index contributed by atoms with van der Waals surface area (Å²) in [6.07, 6.45) is 6.78. The molecule has 0 spiro atoms. The molecule has 0 saturated heterocycles. The van der Waals surface area contributed by atoms with Crippen molar-refractivity contribution in [2.45, 2.75) is 58.4 Å². The molecule has 1 aliphatic carbocycles. The lowest BCUT2D eigenvalue weighted by Crippen LogP contribution is -2.35. The van der Waals surface area contributed by atoms with E-state index >= 15 is 0 Å². The van der Waals surface area contributed by atoms with E-state index in [4.69, 9.17) is 5.84 Å². The van der Waals surface area contributed by atoms with Crippen molar-refractivity contribution in [1.82, 2.24) is 9.97 Å². The Hall–Kier alpha value is -1.36. The molecule has 5 heteroatoms. The number of hydrogen-bond acceptors (Lipinski definition) is 5. The molecule has 1 heterocycles. The second-order valence-corrected chi connectivity index (χ2v) is 5.48. The molecule has 0 bridgehead atoms. The number of nitrogens with zero attached hydrogens (tertiary/aromatic N) is 3. The Morgan fingerprint density at radius 3 is 2.58 bits per heavy atom. The van der Waals surface area contributed by atoms with Crippen molar-refractivity contribution in [1.29, 1.82) is 0 Å².